The van der Waals surface area contributed by atoms with Gasteiger partial charge in [-0.05, 0) is 50.8 Å². The molecule has 6 nitrogen and oxygen atoms in total. The smallest absolute Gasteiger partial charge is 0.326 e. The molecule has 1 amide bonds. The number of thioether (sulfide) groups is 1. The number of hydrogen-bond donors (Lipinski definition) is 4. The molecule has 0 aliphatic heterocycles. The molecule has 24 heavy (non-hydrogen) atoms. The van der Waals surface area contributed by atoms with Crippen molar-refractivity contribution in [1.29, 1.82) is 0 Å². The summed E-state index contributed by atoms with van der Waals surface area (Å²) in [4.78, 5) is 34.2. The quantitative estimate of drug-likeness (QED) is 0.272. The summed E-state index contributed by atoms with van der Waals surface area (Å²) >= 11 is 5.53. The number of carbonyl (C=O) groups excluding carboxylic acids is 2. The van der Waals surface area contributed by atoms with E-state index in [4.69, 9.17) is 10.8 Å². The summed E-state index contributed by atoms with van der Waals surface area (Å²) < 4.78 is 0. The second-order valence-corrected chi connectivity index (χ2v) is 7.66. The number of carboxylic acid groups (broad SMARTS) is 1. The first-order valence-electron chi connectivity index (χ1n) is 8.41. The molecule has 0 bridgehead atoms. The molecule has 2 atom stereocenters. The molecule has 0 aromatic rings. The number of carbonyl (C=O) groups is 3. The van der Waals surface area contributed by atoms with E-state index in [1.165, 1.54) is 11.8 Å². The summed E-state index contributed by atoms with van der Waals surface area (Å²) in [6, 6.07) is -0.839. The van der Waals surface area contributed by atoms with E-state index in [1.54, 1.807) is 6.92 Å². The van der Waals surface area contributed by atoms with Gasteiger partial charge in [0.05, 0.1) is 0 Å². The fourth-order valence-corrected chi connectivity index (χ4v) is 3.79. The van der Waals surface area contributed by atoms with E-state index in [-0.39, 0.29) is 16.3 Å². The Kier molecular flexibility index (Phi) is 14.2. The summed E-state index contributed by atoms with van der Waals surface area (Å²) in [6.07, 6.45) is 5.37. The van der Waals surface area contributed by atoms with Crippen molar-refractivity contribution in [3.63, 3.8) is 0 Å². The normalized spacial score (nSPS) is 13.3. The molecule has 0 fully saturated rings. The Labute approximate surface area is 154 Å². The number of nitrogens with one attached hydrogen (secondary N) is 1. The van der Waals surface area contributed by atoms with Crippen molar-refractivity contribution in [3.05, 3.63) is 0 Å². The Bertz CT molecular complexity index is 394. The van der Waals surface area contributed by atoms with Gasteiger partial charge in [-0.25, -0.2) is 4.79 Å². The minimum Gasteiger partial charge on any atom is -0.480 e. The lowest BCUT2D eigenvalue weighted by Crippen LogP contribution is -2.40. The van der Waals surface area contributed by atoms with E-state index >= 15 is 0 Å². The molecular formula is C16H30N2O4S2. The molecule has 8 heteroatoms. The molecule has 0 aromatic heterocycles. The van der Waals surface area contributed by atoms with Crippen LogP contribution in [0.2, 0.25) is 0 Å². The minimum absolute atomic E-state index is 0.0984. The molecule has 1 unspecified atom stereocenters. The Balaban J connectivity index is 4.04. The van der Waals surface area contributed by atoms with Gasteiger partial charge in [0.15, 0.2) is 5.12 Å². The number of amides is 1. The zero-order valence-electron chi connectivity index (χ0n) is 14.3. The summed E-state index contributed by atoms with van der Waals surface area (Å²) in [5.41, 5.74) is 5.39. The molecule has 140 valence electrons. The predicted molar refractivity (Wildman–Crippen MR) is 101 cm³/mol. The van der Waals surface area contributed by atoms with Gasteiger partial charge in [-0.3, -0.25) is 9.59 Å². The van der Waals surface area contributed by atoms with Gasteiger partial charge >= 0.3 is 5.97 Å². The van der Waals surface area contributed by atoms with Crippen LogP contribution in [-0.4, -0.2) is 45.7 Å². The monoisotopic (exact) mass is 378 g/mol. The van der Waals surface area contributed by atoms with Crippen molar-refractivity contribution >= 4 is 41.4 Å². The molecule has 0 radical (unpaired) electrons. The lowest BCUT2D eigenvalue weighted by molar-refractivity contribution is -0.142. The highest BCUT2D eigenvalue weighted by atomic mass is 32.2. The number of aliphatic carboxylic acids is 1. The van der Waals surface area contributed by atoms with E-state index in [1.807, 2.05) is 0 Å². The van der Waals surface area contributed by atoms with Crippen molar-refractivity contribution in [1.82, 2.24) is 5.32 Å². The Hall–Kier alpha value is -0.730. The fourth-order valence-electron chi connectivity index (χ4n) is 2.32. The van der Waals surface area contributed by atoms with Gasteiger partial charge < -0.3 is 16.2 Å². The number of nitrogens with two attached hydrogens (primary N) is 1. The van der Waals surface area contributed by atoms with Crippen LogP contribution in [0.3, 0.4) is 0 Å². The largest absolute Gasteiger partial charge is 0.480 e. The van der Waals surface area contributed by atoms with Crippen LogP contribution in [-0.2, 0) is 14.4 Å². The standard InChI is InChI=1S/C16H30N2O4S2/c1-12(19)24-13(9-11-23)6-2-3-8-15(20)18-14(16(21)22)7-4-5-10-17/h13-14,23H,2-11,17H2,1H3,(H,18,20)(H,21,22)/t13?,14-/m0/s1. The Morgan fingerprint density at radius 3 is 2.33 bits per heavy atom. The zero-order chi connectivity index (χ0) is 18.4. The first kappa shape index (κ1) is 23.3. The minimum atomic E-state index is -1.01. The number of unbranched alkanes of at least 4 members (excludes halogenated alkanes) is 2. The molecule has 0 aliphatic rings. The highest BCUT2D eigenvalue weighted by Crippen LogP contribution is 2.22. The van der Waals surface area contributed by atoms with Gasteiger partial charge in [0, 0.05) is 18.6 Å². The molecule has 0 spiro atoms. The number of hydrogen-bond acceptors (Lipinski definition) is 6. The number of rotatable bonds is 14. The summed E-state index contributed by atoms with van der Waals surface area (Å²) in [7, 11) is 0. The van der Waals surface area contributed by atoms with E-state index in [9.17, 15) is 14.4 Å². The van der Waals surface area contributed by atoms with Crippen LogP contribution in [0.4, 0.5) is 0 Å². The van der Waals surface area contributed by atoms with Crippen LogP contribution in [0.25, 0.3) is 0 Å². The fraction of sp³-hybridized carbons (Fsp3) is 0.812. The third-order valence-corrected chi connectivity index (χ3v) is 4.94. The van der Waals surface area contributed by atoms with Gasteiger partial charge in [-0.2, -0.15) is 12.6 Å². The highest BCUT2D eigenvalue weighted by molar-refractivity contribution is 8.14. The second-order valence-electron chi connectivity index (χ2n) is 5.73. The SMILES string of the molecule is CC(=O)SC(CCS)CCCCC(=O)N[C@@H](CCCCN)C(=O)O. The Morgan fingerprint density at radius 2 is 1.79 bits per heavy atom. The molecule has 0 rings (SSSR count). The summed E-state index contributed by atoms with van der Waals surface area (Å²) in [5.74, 6) is -0.513. The van der Waals surface area contributed by atoms with Crippen molar-refractivity contribution < 1.29 is 19.5 Å². The van der Waals surface area contributed by atoms with Gasteiger partial charge in [0.25, 0.3) is 0 Å². The van der Waals surface area contributed by atoms with Crippen LogP contribution in [0, 0.1) is 0 Å². The maximum atomic E-state index is 11.9. The van der Waals surface area contributed by atoms with Gasteiger partial charge in [-0.1, -0.05) is 18.2 Å². The average molecular weight is 379 g/mol. The van der Waals surface area contributed by atoms with E-state index < -0.39 is 12.0 Å². The first-order chi connectivity index (χ1) is 11.4. The van der Waals surface area contributed by atoms with Crippen molar-refractivity contribution in [2.24, 2.45) is 5.73 Å². The van der Waals surface area contributed by atoms with Crippen LogP contribution < -0.4 is 11.1 Å². The van der Waals surface area contributed by atoms with Crippen molar-refractivity contribution in [2.75, 3.05) is 12.3 Å². The lowest BCUT2D eigenvalue weighted by Gasteiger charge is -2.15. The number of thiol groups is 1. The van der Waals surface area contributed by atoms with E-state index in [0.29, 0.717) is 32.2 Å². The van der Waals surface area contributed by atoms with Crippen molar-refractivity contribution in [2.45, 2.75) is 69.6 Å². The molecular weight excluding hydrogens is 348 g/mol. The van der Waals surface area contributed by atoms with E-state index in [2.05, 4.69) is 17.9 Å². The van der Waals surface area contributed by atoms with E-state index in [0.717, 1.165) is 31.4 Å². The third-order valence-electron chi connectivity index (χ3n) is 3.54. The van der Waals surface area contributed by atoms with Crippen LogP contribution in [0.1, 0.15) is 58.3 Å². The lowest BCUT2D eigenvalue weighted by atomic mass is 10.1. The summed E-state index contributed by atoms with van der Waals surface area (Å²) in [6.45, 7) is 2.08. The topological polar surface area (TPSA) is 109 Å². The number of carboxylic acids is 1. The molecule has 0 heterocycles. The maximum absolute atomic E-state index is 11.9. The average Bonchev–Trinajstić information content (AvgIpc) is 2.50. The molecule has 4 N–H and O–H groups in total. The third kappa shape index (κ3) is 12.7. The van der Waals surface area contributed by atoms with Crippen LogP contribution in [0.5, 0.6) is 0 Å². The van der Waals surface area contributed by atoms with Gasteiger partial charge in [0.2, 0.25) is 5.91 Å². The Morgan fingerprint density at radius 1 is 1.12 bits per heavy atom. The molecule has 0 saturated carbocycles. The molecule has 0 aliphatic carbocycles. The summed E-state index contributed by atoms with van der Waals surface area (Å²) in [5, 5.41) is 12.0. The van der Waals surface area contributed by atoms with Crippen molar-refractivity contribution in [3.8, 4) is 0 Å². The first-order valence-corrected chi connectivity index (χ1v) is 9.92. The maximum Gasteiger partial charge on any atom is 0.326 e. The van der Waals surface area contributed by atoms with Gasteiger partial charge in [0.1, 0.15) is 6.04 Å². The van der Waals surface area contributed by atoms with Crippen LogP contribution in [0.15, 0.2) is 0 Å². The zero-order valence-corrected chi connectivity index (χ0v) is 16.0. The molecule has 0 saturated heterocycles. The second kappa shape index (κ2) is 14.6. The molecule has 0 aromatic carbocycles. The van der Waals surface area contributed by atoms with Gasteiger partial charge in [-0.15, -0.1) is 0 Å². The highest BCUT2D eigenvalue weighted by Gasteiger charge is 2.19. The van der Waals surface area contributed by atoms with Crippen LogP contribution >= 0.6 is 24.4 Å². The predicted octanol–water partition coefficient (Wildman–Crippen LogP) is 2.21.